The van der Waals surface area contributed by atoms with Crippen LogP contribution in [0.1, 0.15) is 0 Å². The Hall–Kier alpha value is -2.36. The van der Waals surface area contributed by atoms with Crippen LogP contribution >= 0.6 is 0 Å². The average molecular weight is 211 g/mol. The van der Waals surface area contributed by atoms with E-state index in [-0.39, 0.29) is 0 Å². The molecule has 0 fully saturated rings. The molecule has 0 aliphatic heterocycles. The molecule has 0 spiro atoms. The molecule has 3 rings (SSSR count). The molecule has 0 aliphatic carbocycles. The Morgan fingerprint density at radius 3 is 2.62 bits per heavy atom. The van der Waals surface area contributed by atoms with Crippen LogP contribution in [0.25, 0.3) is 17.0 Å². The highest BCUT2D eigenvalue weighted by Gasteiger charge is 2.03. The van der Waals surface area contributed by atoms with E-state index >= 15 is 0 Å². The minimum atomic E-state index is 0.842. The molecule has 78 valence electrons. The summed E-state index contributed by atoms with van der Waals surface area (Å²) in [5, 5.41) is 8.17. The number of hydrogen-bond donors (Lipinski definition) is 0. The van der Waals surface area contributed by atoms with Crippen LogP contribution in [0.3, 0.4) is 0 Å². The van der Waals surface area contributed by atoms with Gasteiger partial charge in [-0.05, 0) is 24.3 Å². The minimum Gasteiger partial charge on any atom is -0.464 e. The Morgan fingerprint density at radius 1 is 1.00 bits per heavy atom. The second kappa shape index (κ2) is 3.66. The highest BCUT2D eigenvalue weighted by Crippen LogP contribution is 2.21. The van der Waals surface area contributed by atoms with Crippen molar-refractivity contribution in [2.24, 2.45) is 0 Å². The third-order valence-corrected chi connectivity index (χ3v) is 2.30. The number of aromatic nitrogens is 3. The van der Waals surface area contributed by atoms with Gasteiger partial charge < -0.3 is 4.42 Å². The van der Waals surface area contributed by atoms with Gasteiger partial charge in [-0.1, -0.05) is 12.1 Å². The Kier molecular flexibility index (Phi) is 2.04. The Bertz CT molecular complexity index is 521. The molecule has 0 N–H and O–H groups in total. The van der Waals surface area contributed by atoms with E-state index in [4.69, 9.17) is 4.42 Å². The van der Waals surface area contributed by atoms with Gasteiger partial charge in [-0.15, -0.1) is 0 Å². The highest BCUT2D eigenvalue weighted by molar-refractivity contribution is 5.60. The SMILES string of the molecule is c1cc(-c2ccco2)cc(-n2nccn2)c1. The topological polar surface area (TPSA) is 43.9 Å². The zero-order valence-corrected chi connectivity index (χ0v) is 8.45. The lowest BCUT2D eigenvalue weighted by Crippen LogP contribution is -1.97. The largest absolute Gasteiger partial charge is 0.464 e. The van der Waals surface area contributed by atoms with Crippen LogP contribution in [0, 0.1) is 0 Å². The second-order valence-corrected chi connectivity index (χ2v) is 3.35. The zero-order chi connectivity index (χ0) is 10.8. The summed E-state index contributed by atoms with van der Waals surface area (Å²) in [6.07, 6.45) is 4.97. The molecular formula is C12H9N3O. The first-order chi connectivity index (χ1) is 7.93. The van der Waals surface area contributed by atoms with Crippen molar-refractivity contribution in [2.45, 2.75) is 0 Å². The van der Waals surface area contributed by atoms with E-state index in [9.17, 15) is 0 Å². The molecule has 2 heterocycles. The molecule has 2 aromatic heterocycles. The predicted octanol–water partition coefficient (Wildman–Crippen LogP) is 2.53. The van der Waals surface area contributed by atoms with Crippen LogP contribution in [-0.4, -0.2) is 15.0 Å². The van der Waals surface area contributed by atoms with Crippen molar-refractivity contribution >= 4 is 0 Å². The van der Waals surface area contributed by atoms with Gasteiger partial charge in [0.2, 0.25) is 0 Å². The summed E-state index contributed by atoms with van der Waals surface area (Å²) >= 11 is 0. The first-order valence-corrected chi connectivity index (χ1v) is 4.94. The third kappa shape index (κ3) is 1.50. The Morgan fingerprint density at radius 2 is 1.88 bits per heavy atom. The molecule has 4 heteroatoms. The van der Waals surface area contributed by atoms with Crippen LogP contribution < -0.4 is 0 Å². The first-order valence-electron chi connectivity index (χ1n) is 4.94. The van der Waals surface area contributed by atoms with Crippen LogP contribution in [-0.2, 0) is 0 Å². The molecule has 0 amide bonds. The second-order valence-electron chi connectivity index (χ2n) is 3.35. The normalized spacial score (nSPS) is 10.5. The molecule has 0 atom stereocenters. The molecule has 0 saturated carbocycles. The monoisotopic (exact) mass is 211 g/mol. The standard InChI is InChI=1S/C12H9N3O/c1-3-10(12-5-2-8-16-12)9-11(4-1)15-13-6-7-14-15/h1-9H. The van der Waals surface area contributed by atoms with E-state index in [1.807, 2.05) is 36.4 Å². The van der Waals surface area contributed by atoms with Gasteiger partial charge in [-0.25, -0.2) is 0 Å². The highest BCUT2D eigenvalue weighted by atomic mass is 16.3. The van der Waals surface area contributed by atoms with Crippen LogP contribution in [0.5, 0.6) is 0 Å². The van der Waals surface area contributed by atoms with Crippen molar-refractivity contribution in [3.8, 4) is 17.0 Å². The molecule has 0 aliphatic rings. The molecular weight excluding hydrogens is 202 g/mol. The molecule has 0 bridgehead atoms. The van der Waals surface area contributed by atoms with Crippen LogP contribution in [0.15, 0.2) is 59.5 Å². The maximum Gasteiger partial charge on any atom is 0.133 e. The number of benzene rings is 1. The van der Waals surface area contributed by atoms with Crippen LogP contribution in [0.2, 0.25) is 0 Å². The fourth-order valence-electron chi connectivity index (χ4n) is 1.58. The van der Waals surface area contributed by atoms with E-state index in [1.54, 1.807) is 23.5 Å². The Balaban J connectivity index is 2.07. The van der Waals surface area contributed by atoms with Gasteiger partial charge in [0.1, 0.15) is 5.76 Å². The van der Waals surface area contributed by atoms with Crippen molar-refractivity contribution < 1.29 is 4.42 Å². The van der Waals surface area contributed by atoms with E-state index in [0.717, 1.165) is 17.0 Å². The van der Waals surface area contributed by atoms with Gasteiger partial charge >= 0.3 is 0 Å². The molecule has 3 aromatic rings. The van der Waals surface area contributed by atoms with Gasteiger partial charge in [0, 0.05) is 5.56 Å². The zero-order valence-electron chi connectivity index (χ0n) is 8.45. The number of hydrogen-bond acceptors (Lipinski definition) is 3. The van der Waals surface area contributed by atoms with E-state index < -0.39 is 0 Å². The third-order valence-electron chi connectivity index (χ3n) is 2.30. The van der Waals surface area contributed by atoms with Crippen molar-refractivity contribution in [1.29, 1.82) is 0 Å². The molecule has 0 saturated heterocycles. The Labute approximate surface area is 92.1 Å². The van der Waals surface area contributed by atoms with Crippen molar-refractivity contribution in [3.05, 3.63) is 55.1 Å². The summed E-state index contributed by atoms with van der Waals surface area (Å²) in [5.41, 5.74) is 1.93. The number of rotatable bonds is 2. The van der Waals surface area contributed by atoms with Crippen molar-refractivity contribution in [3.63, 3.8) is 0 Å². The lowest BCUT2D eigenvalue weighted by atomic mass is 10.1. The van der Waals surface area contributed by atoms with Gasteiger partial charge in [-0.3, -0.25) is 0 Å². The van der Waals surface area contributed by atoms with Crippen molar-refractivity contribution in [1.82, 2.24) is 15.0 Å². The van der Waals surface area contributed by atoms with E-state index in [0.29, 0.717) is 0 Å². The average Bonchev–Trinajstić information content (AvgIpc) is 3.03. The maximum atomic E-state index is 5.34. The number of furan rings is 1. The van der Waals surface area contributed by atoms with Gasteiger partial charge in [0.05, 0.1) is 24.3 Å². The minimum absolute atomic E-state index is 0.842. The van der Waals surface area contributed by atoms with Crippen molar-refractivity contribution in [2.75, 3.05) is 0 Å². The maximum absolute atomic E-state index is 5.34. The summed E-state index contributed by atoms with van der Waals surface area (Å²) in [6.45, 7) is 0. The molecule has 4 nitrogen and oxygen atoms in total. The van der Waals surface area contributed by atoms with E-state index in [2.05, 4.69) is 10.2 Å². The molecule has 16 heavy (non-hydrogen) atoms. The summed E-state index contributed by atoms with van der Waals surface area (Å²) in [4.78, 5) is 1.58. The van der Waals surface area contributed by atoms with E-state index in [1.165, 1.54) is 0 Å². The molecule has 0 unspecified atom stereocenters. The van der Waals surface area contributed by atoms with Gasteiger partial charge in [0.25, 0.3) is 0 Å². The lowest BCUT2D eigenvalue weighted by Gasteiger charge is -2.01. The summed E-state index contributed by atoms with van der Waals surface area (Å²) in [5.74, 6) is 0.842. The number of nitrogens with zero attached hydrogens (tertiary/aromatic N) is 3. The fourth-order valence-corrected chi connectivity index (χ4v) is 1.58. The summed E-state index contributed by atoms with van der Waals surface area (Å²) < 4.78 is 5.34. The lowest BCUT2D eigenvalue weighted by molar-refractivity contribution is 0.582. The van der Waals surface area contributed by atoms with Gasteiger partial charge in [-0.2, -0.15) is 15.0 Å². The smallest absolute Gasteiger partial charge is 0.133 e. The fraction of sp³-hybridized carbons (Fsp3) is 0. The molecule has 1 aromatic carbocycles. The molecule has 0 radical (unpaired) electrons. The van der Waals surface area contributed by atoms with Gasteiger partial charge in [0.15, 0.2) is 0 Å². The predicted molar refractivity (Wildman–Crippen MR) is 59.1 cm³/mol. The van der Waals surface area contributed by atoms with Crippen LogP contribution in [0.4, 0.5) is 0 Å². The summed E-state index contributed by atoms with van der Waals surface area (Å²) in [7, 11) is 0. The summed E-state index contributed by atoms with van der Waals surface area (Å²) in [6, 6.07) is 11.7. The first kappa shape index (κ1) is 8.91. The quantitative estimate of drug-likeness (QED) is 0.654.